The largest absolute Gasteiger partial charge is 0.329 e. The molecule has 5 nitrogen and oxygen atoms in total. The summed E-state index contributed by atoms with van der Waals surface area (Å²) in [5, 5.41) is 9.18. The van der Waals surface area contributed by atoms with E-state index in [0.717, 1.165) is 25.7 Å². The number of sulfonamides is 1. The molecule has 20 heavy (non-hydrogen) atoms. The zero-order chi connectivity index (χ0) is 14.8. The third-order valence-corrected chi connectivity index (χ3v) is 5.56. The monoisotopic (exact) mass is 293 g/mol. The van der Waals surface area contributed by atoms with E-state index in [0.29, 0.717) is 5.56 Å². The molecule has 1 aliphatic carbocycles. The van der Waals surface area contributed by atoms with E-state index in [4.69, 9.17) is 5.73 Å². The summed E-state index contributed by atoms with van der Waals surface area (Å²) in [6.07, 6.45) is 3.43. The van der Waals surface area contributed by atoms with Crippen LogP contribution in [0.2, 0.25) is 0 Å². The quantitative estimate of drug-likeness (QED) is 0.877. The average Bonchev–Trinajstić information content (AvgIpc) is 2.87. The Morgan fingerprint density at radius 1 is 1.40 bits per heavy atom. The average molecular weight is 293 g/mol. The molecule has 0 unspecified atom stereocenters. The molecule has 1 aromatic carbocycles. The third-order valence-electron chi connectivity index (χ3n) is 3.94. The molecule has 1 aromatic rings. The SMILES string of the molecule is Cc1cccc(S(=O)(=O)NC2(CN)CCCC2)c1C#N. The van der Waals surface area contributed by atoms with E-state index in [2.05, 4.69) is 4.72 Å². The van der Waals surface area contributed by atoms with Crippen molar-refractivity contribution in [3.63, 3.8) is 0 Å². The minimum atomic E-state index is -3.73. The lowest BCUT2D eigenvalue weighted by Crippen LogP contribution is -2.51. The molecule has 1 saturated carbocycles. The van der Waals surface area contributed by atoms with E-state index in [-0.39, 0.29) is 17.0 Å². The van der Waals surface area contributed by atoms with Gasteiger partial charge in [0, 0.05) is 12.1 Å². The molecule has 0 aromatic heterocycles. The summed E-state index contributed by atoms with van der Waals surface area (Å²) in [7, 11) is -3.73. The molecule has 108 valence electrons. The van der Waals surface area contributed by atoms with Crippen LogP contribution in [-0.2, 0) is 10.0 Å². The molecule has 1 aliphatic rings. The standard InChI is InChI=1S/C14H19N3O2S/c1-11-5-4-6-13(12(11)9-15)20(18,19)17-14(10-16)7-2-3-8-14/h4-6,17H,2-3,7-8,10,16H2,1H3. The highest BCUT2D eigenvalue weighted by Gasteiger charge is 2.37. The Labute approximate surface area is 119 Å². The smallest absolute Gasteiger partial charge is 0.242 e. The van der Waals surface area contributed by atoms with Crippen LogP contribution in [-0.4, -0.2) is 20.5 Å². The van der Waals surface area contributed by atoms with Gasteiger partial charge in [-0.25, -0.2) is 13.1 Å². The molecule has 2 rings (SSSR count). The van der Waals surface area contributed by atoms with E-state index in [9.17, 15) is 13.7 Å². The van der Waals surface area contributed by atoms with E-state index in [1.54, 1.807) is 19.1 Å². The maximum Gasteiger partial charge on any atom is 0.242 e. The minimum absolute atomic E-state index is 0.0414. The maximum absolute atomic E-state index is 12.6. The fraction of sp³-hybridized carbons (Fsp3) is 0.500. The predicted octanol–water partition coefficient (Wildman–Crippen LogP) is 1.42. The van der Waals surface area contributed by atoms with Crippen molar-refractivity contribution in [3.8, 4) is 6.07 Å². The molecule has 6 heteroatoms. The number of nitrogens with one attached hydrogen (secondary N) is 1. The molecule has 0 spiro atoms. The number of hydrogen-bond acceptors (Lipinski definition) is 4. The van der Waals surface area contributed by atoms with Gasteiger partial charge in [-0.3, -0.25) is 0 Å². The van der Waals surface area contributed by atoms with E-state index < -0.39 is 15.6 Å². The lowest BCUT2D eigenvalue weighted by Gasteiger charge is -2.28. The van der Waals surface area contributed by atoms with Crippen molar-refractivity contribution in [1.82, 2.24) is 4.72 Å². The van der Waals surface area contributed by atoms with Crippen molar-refractivity contribution in [2.75, 3.05) is 6.54 Å². The Hall–Kier alpha value is -1.42. The fourth-order valence-electron chi connectivity index (χ4n) is 2.75. The first-order chi connectivity index (χ1) is 9.44. The topological polar surface area (TPSA) is 96.0 Å². The Morgan fingerprint density at radius 2 is 2.05 bits per heavy atom. The molecular weight excluding hydrogens is 274 g/mol. The van der Waals surface area contributed by atoms with Gasteiger partial charge in [0.1, 0.15) is 11.0 Å². The third kappa shape index (κ3) is 2.70. The van der Waals surface area contributed by atoms with Crippen LogP contribution in [0, 0.1) is 18.3 Å². The highest BCUT2D eigenvalue weighted by atomic mass is 32.2. The van der Waals surface area contributed by atoms with Crippen LogP contribution in [0.15, 0.2) is 23.1 Å². The summed E-state index contributed by atoms with van der Waals surface area (Å²) in [5.41, 5.74) is 6.06. The van der Waals surface area contributed by atoms with Gasteiger partial charge in [0.05, 0.1) is 5.56 Å². The second-order valence-corrected chi connectivity index (χ2v) is 7.01. The van der Waals surface area contributed by atoms with Crippen molar-refractivity contribution in [3.05, 3.63) is 29.3 Å². The van der Waals surface area contributed by atoms with Crippen LogP contribution in [0.5, 0.6) is 0 Å². The van der Waals surface area contributed by atoms with Gasteiger partial charge >= 0.3 is 0 Å². The van der Waals surface area contributed by atoms with E-state index in [1.165, 1.54) is 6.07 Å². The fourth-order valence-corrected chi connectivity index (χ4v) is 4.45. The van der Waals surface area contributed by atoms with Crippen LogP contribution >= 0.6 is 0 Å². The Bertz CT molecular complexity index is 641. The normalized spacial score (nSPS) is 17.9. The highest BCUT2D eigenvalue weighted by molar-refractivity contribution is 7.89. The molecule has 0 amide bonds. The zero-order valence-electron chi connectivity index (χ0n) is 11.5. The second-order valence-electron chi connectivity index (χ2n) is 5.36. The molecule has 0 radical (unpaired) electrons. The summed E-state index contributed by atoms with van der Waals surface area (Å²) in [5.74, 6) is 0. The van der Waals surface area contributed by atoms with Gasteiger partial charge in [0.2, 0.25) is 10.0 Å². The summed E-state index contributed by atoms with van der Waals surface area (Å²) in [6.45, 7) is 2.01. The van der Waals surface area contributed by atoms with Gasteiger partial charge in [-0.15, -0.1) is 0 Å². The van der Waals surface area contributed by atoms with Gasteiger partial charge in [0.25, 0.3) is 0 Å². The molecule has 3 N–H and O–H groups in total. The lowest BCUT2D eigenvalue weighted by molar-refractivity contribution is 0.399. The van der Waals surface area contributed by atoms with Gasteiger partial charge < -0.3 is 5.73 Å². The summed E-state index contributed by atoms with van der Waals surface area (Å²) in [4.78, 5) is 0.0414. The summed E-state index contributed by atoms with van der Waals surface area (Å²) in [6, 6.07) is 6.82. The number of hydrogen-bond donors (Lipinski definition) is 2. The number of nitriles is 1. The predicted molar refractivity (Wildman–Crippen MR) is 76.5 cm³/mol. The molecule has 0 saturated heterocycles. The minimum Gasteiger partial charge on any atom is -0.329 e. The van der Waals surface area contributed by atoms with Crippen molar-refractivity contribution in [2.45, 2.75) is 43.0 Å². The molecule has 0 aliphatic heterocycles. The van der Waals surface area contributed by atoms with Gasteiger partial charge in [-0.1, -0.05) is 25.0 Å². The van der Waals surface area contributed by atoms with Crippen molar-refractivity contribution >= 4 is 10.0 Å². The number of nitrogens with zero attached hydrogens (tertiary/aromatic N) is 1. The van der Waals surface area contributed by atoms with Gasteiger partial charge in [-0.05, 0) is 31.4 Å². The first-order valence-corrected chi connectivity index (χ1v) is 8.16. The zero-order valence-corrected chi connectivity index (χ0v) is 12.3. The second kappa shape index (κ2) is 5.52. The highest BCUT2D eigenvalue weighted by Crippen LogP contribution is 2.31. The number of nitrogens with two attached hydrogens (primary N) is 1. The number of benzene rings is 1. The van der Waals surface area contributed by atoms with Crippen LogP contribution in [0.25, 0.3) is 0 Å². The number of aryl methyl sites for hydroxylation is 1. The van der Waals surface area contributed by atoms with Crippen LogP contribution in [0.1, 0.15) is 36.8 Å². The number of rotatable bonds is 4. The van der Waals surface area contributed by atoms with Gasteiger partial charge in [0.15, 0.2) is 0 Å². The molecular formula is C14H19N3O2S. The summed E-state index contributed by atoms with van der Waals surface area (Å²) < 4.78 is 27.9. The molecule has 0 bridgehead atoms. The Morgan fingerprint density at radius 3 is 2.60 bits per heavy atom. The van der Waals surface area contributed by atoms with Crippen molar-refractivity contribution in [1.29, 1.82) is 5.26 Å². The Kier molecular flexibility index (Phi) is 4.14. The van der Waals surface area contributed by atoms with Crippen LogP contribution in [0.4, 0.5) is 0 Å². The molecule has 1 fully saturated rings. The van der Waals surface area contributed by atoms with Crippen LogP contribution in [0.3, 0.4) is 0 Å². The van der Waals surface area contributed by atoms with E-state index >= 15 is 0 Å². The first kappa shape index (κ1) is 15.0. The summed E-state index contributed by atoms with van der Waals surface area (Å²) >= 11 is 0. The Balaban J connectivity index is 2.42. The van der Waals surface area contributed by atoms with Gasteiger partial charge in [-0.2, -0.15) is 5.26 Å². The van der Waals surface area contributed by atoms with Crippen LogP contribution < -0.4 is 10.5 Å². The van der Waals surface area contributed by atoms with Crippen molar-refractivity contribution < 1.29 is 8.42 Å². The first-order valence-electron chi connectivity index (χ1n) is 6.68. The molecule has 0 heterocycles. The lowest BCUT2D eigenvalue weighted by atomic mass is 10.0. The van der Waals surface area contributed by atoms with Crippen molar-refractivity contribution in [2.24, 2.45) is 5.73 Å². The molecule has 0 atom stereocenters. The maximum atomic E-state index is 12.6. The van der Waals surface area contributed by atoms with E-state index in [1.807, 2.05) is 6.07 Å².